The molecule has 1 aliphatic carbocycles. The molecule has 0 radical (unpaired) electrons. The van der Waals surface area contributed by atoms with Gasteiger partial charge in [0.25, 0.3) is 0 Å². The highest BCUT2D eigenvalue weighted by Gasteiger charge is 2.66. The highest BCUT2D eigenvalue weighted by Crippen LogP contribution is 2.57. The van der Waals surface area contributed by atoms with Crippen molar-refractivity contribution in [2.75, 3.05) is 32.8 Å². The molecule has 2 N–H and O–H groups in total. The Morgan fingerprint density at radius 1 is 1.14 bits per heavy atom. The summed E-state index contributed by atoms with van der Waals surface area (Å²) in [6, 6.07) is 6.11. The Morgan fingerprint density at radius 3 is 2.49 bits per heavy atom. The smallest absolute Gasteiger partial charge is 0.357 e. The van der Waals surface area contributed by atoms with E-state index >= 15 is 0 Å². The van der Waals surface area contributed by atoms with Gasteiger partial charge in [0.1, 0.15) is 5.84 Å². The average molecular weight is 483 g/mol. The van der Waals surface area contributed by atoms with Gasteiger partial charge in [-0.2, -0.15) is 0 Å². The van der Waals surface area contributed by atoms with Gasteiger partial charge in [-0.25, -0.2) is 19.4 Å². The van der Waals surface area contributed by atoms with Crippen LogP contribution in [-0.4, -0.2) is 79.8 Å². The summed E-state index contributed by atoms with van der Waals surface area (Å²) in [5, 5.41) is 13.5. The Hall–Kier alpha value is -3.40. The Labute approximate surface area is 203 Å². The number of aliphatic hydroxyl groups is 1. The monoisotopic (exact) mass is 482 g/mol. The number of hydrogen-bond donors (Lipinski definition) is 2. The molecular weight excluding hydrogens is 452 g/mol. The van der Waals surface area contributed by atoms with Crippen molar-refractivity contribution in [3.63, 3.8) is 0 Å². The van der Waals surface area contributed by atoms with Gasteiger partial charge >= 0.3 is 18.0 Å². The van der Waals surface area contributed by atoms with Crippen LogP contribution >= 0.6 is 0 Å². The van der Waals surface area contributed by atoms with E-state index in [9.17, 15) is 19.5 Å². The highest BCUT2D eigenvalue weighted by molar-refractivity contribution is 6.15. The molecule has 3 atom stereocenters. The molecule has 3 aliphatic heterocycles. The summed E-state index contributed by atoms with van der Waals surface area (Å²) in [5.74, 6) is -1.15. The van der Waals surface area contributed by atoms with Crippen molar-refractivity contribution in [2.45, 2.75) is 55.6 Å². The van der Waals surface area contributed by atoms with E-state index in [4.69, 9.17) is 9.47 Å². The Bertz CT molecular complexity index is 1140. The topological polar surface area (TPSA) is 121 Å². The van der Waals surface area contributed by atoms with E-state index in [0.717, 1.165) is 36.9 Å². The Morgan fingerprint density at radius 2 is 1.83 bits per heavy atom. The number of urea groups is 1. The first kappa shape index (κ1) is 23.3. The maximum absolute atomic E-state index is 13.6. The van der Waals surface area contributed by atoms with Gasteiger partial charge in [-0.1, -0.05) is 31.0 Å². The largest absolute Gasteiger partial charge is 0.466 e. The molecule has 1 saturated heterocycles. The maximum Gasteiger partial charge on any atom is 0.357 e. The molecule has 186 valence electrons. The number of amidine groups is 1. The van der Waals surface area contributed by atoms with Crippen molar-refractivity contribution in [3.05, 3.63) is 41.1 Å². The number of likely N-dealkylation sites (N-methyl/N-ethyl adjacent to an activating group) is 1. The SMILES string of the molecule is COC(=O)C1=C(C(=O)OC)[C@@H]2N(C)c3ccccc3[C@@]23C[C@@H](CO)N(C(=O)NC2CCCC2)C3=N1. The number of rotatable bonds is 4. The second-order valence-corrected chi connectivity index (χ2v) is 9.52. The van der Waals surface area contributed by atoms with Crippen molar-refractivity contribution in [2.24, 2.45) is 4.99 Å². The number of para-hydroxylation sites is 1. The van der Waals surface area contributed by atoms with Crippen LogP contribution in [0.15, 0.2) is 40.5 Å². The van der Waals surface area contributed by atoms with Crippen LogP contribution in [0.2, 0.25) is 0 Å². The number of anilines is 1. The summed E-state index contributed by atoms with van der Waals surface area (Å²) in [7, 11) is 4.31. The van der Waals surface area contributed by atoms with Crippen LogP contribution in [0.3, 0.4) is 0 Å². The molecule has 10 nitrogen and oxygen atoms in total. The van der Waals surface area contributed by atoms with E-state index < -0.39 is 29.4 Å². The minimum absolute atomic E-state index is 0.0539. The Balaban J connectivity index is 1.73. The minimum Gasteiger partial charge on any atom is -0.466 e. The summed E-state index contributed by atoms with van der Waals surface area (Å²) < 4.78 is 10.1. The van der Waals surface area contributed by atoms with Crippen molar-refractivity contribution >= 4 is 29.5 Å². The third kappa shape index (κ3) is 3.26. The number of aliphatic imine (C=N–C) groups is 1. The fourth-order valence-corrected chi connectivity index (χ4v) is 6.36. The standard InChI is InChI=1S/C25H30N4O6/c1-28-17-11-7-6-10-16(17)25-12-15(13-30)29(24(33)26-14-8-4-5-9-14)23(25)27-19(22(32)35-3)18(20(25)28)21(31)34-2/h6-7,10-11,14-15,20,30H,4-5,8-9,12-13H2,1-3H3,(H,26,33)/t15-,20-,25-/m0/s1. The van der Waals surface area contributed by atoms with Gasteiger partial charge in [0.05, 0.1) is 43.9 Å². The van der Waals surface area contributed by atoms with E-state index in [1.54, 1.807) is 0 Å². The fraction of sp³-hybridized carbons (Fsp3) is 0.520. The molecule has 3 heterocycles. The zero-order valence-corrected chi connectivity index (χ0v) is 20.1. The number of benzene rings is 1. The van der Waals surface area contributed by atoms with E-state index in [2.05, 4.69) is 10.3 Å². The normalized spacial score (nSPS) is 27.3. The lowest BCUT2D eigenvalue weighted by molar-refractivity contribution is -0.139. The summed E-state index contributed by atoms with van der Waals surface area (Å²) in [6.07, 6.45) is 4.24. The molecular formula is C25H30N4O6. The highest BCUT2D eigenvalue weighted by atomic mass is 16.5. The van der Waals surface area contributed by atoms with Gasteiger partial charge in [0.15, 0.2) is 5.70 Å². The molecule has 10 heteroatoms. The number of amides is 2. The van der Waals surface area contributed by atoms with Gasteiger partial charge < -0.3 is 24.8 Å². The van der Waals surface area contributed by atoms with Gasteiger partial charge in [-0.3, -0.25) is 4.90 Å². The molecule has 0 aromatic heterocycles. The number of nitrogens with zero attached hydrogens (tertiary/aromatic N) is 3. The number of aliphatic hydroxyl groups excluding tert-OH is 1. The fourth-order valence-electron chi connectivity index (χ4n) is 6.36. The second-order valence-electron chi connectivity index (χ2n) is 9.52. The number of fused-ring (bicyclic) bond motifs is 1. The minimum atomic E-state index is -0.938. The molecule has 1 saturated carbocycles. The van der Waals surface area contributed by atoms with Crippen LogP contribution in [0.5, 0.6) is 0 Å². The molecule has 1 spiro atoms. The van der Waals surface area contributed by atoms with E-state index in [1.165, 1.54) is 19.1 Å². The molecule has 35 heavy (non-hydrogen) atoms. The number of methoxy groups -OCH3 is 2. The van der Waals surface area contributed by atoms with Crippen LogP contribution in [-0.2, 0) is 24.5 Å². The molecule has 1 aromatic rings. The number of hydrogen-bond acceptors (Lipinski definition) is 8. The van der Waals surface area contributed by atoms with E-state index in [-0.39, 0.29) is 29.9 Å². The Kier molecular flexibility index (Phi) is 5.79. The third-order valence-corrected chi connectivity index (χ3v) is 7.81. The predicted octanol–water partition coefficient (Wildman–Crippen LogP) is 1.47. The number of carbonyl (C=O) groups is 3. The van der Waals surface area contributed by atoms with Crippen molar-refractivity contribution < 1.29 is 29.0 Å². The summed E-state index contributed by atoms with van der Waals surface area (Å²) in [4.78, 5) is 47.6. The molecule has 5 rings (SSSR count). The zero-order valence-electron chi connectivity index (χ0n) is 20.1. The van der Waals surface area contributed by atoms with Crippen molar-refractivity contribution in [3.8, 4) is 0 Å². The average Bonchev–Trinajstić information content (AvgIpc) is 3.57. The zero-order chi connectivity index (χ0) is 24.9. The maximum atomic E-state index is 13.6. The van der Waals surface area contributed by atoms with Gasteiger partial charge in [-0.05, 0) is 30.9 Å². The quantitative estimate of drug-likeness (QED) is 0.624. The first-order valence-corrected chi connectivity index (χ1v) is 11.9. The summed E-state index contributed by atoms with van der Waals surface area (Å²) in [6.45, 7) is -0.293. The summed E-state index contributed by atoms with van der Waals surface area (Å²) in [5.41, 5.74) is 0.689. The summed E-state index contributed by atoms with van der Waals surface area (Å²) >= 11 is 0. The first-order valence-electron chi connectivity index (χ1n) is 11.9. The first-order chi connectivity index (χ1) is 16.9. The lowest BCUT2D eigenvalue weighted by atomic mass is 9.69. The van der Waals surface area contributed by atoms with E-state index in [1.807, 2.05) is 36.2 Å². The molecule has 0 unspecified atom stereocenters. The van der Waals surface area contributed by atoms with Crippen LogP contribution in [0.25, 0.3) is 0 Å². The van der Waals surface area contributed by atoms with E-state index in [0.29, 0.717) is 12.3 Å². The van der Waals surface area contributed by atoms with Crippen LogP contribution in [0.4, 0.5) is 10.5 Å². The second kappa shape index (κ2) is 8.67. The van der Waals surface area contributed by atoms with Crippen LogP contribution in [0, 0.1) is 0 Å². The number of esters is 2. The predicted molar refractivity (Wildman–Crippen MR) is 127 cm³/mol. The van der Waals surface area contributed by atoms with Crippen LogP contribution < -0.4 is 10.2 Å². The van der Waals surface area contributed by atoms with Gasteiger partial charge in [0.2, 0.25) is 0 Å². The number of nitrogens with one attached hydrogen (secondary N) is 1. The molecule has 0 bridgehead atoms. The van der Waals surface area contributed by atoms with Gasteiger partial charge in [0, 0.05) is 18.8 Å². The van der Waals surface area contributed by atoms with Gasteiger partial charge in [-0.15, -0.1) is 0 Å². The molecule has 1 aromatic carbocycles. The lowest BCUT2D eigenvalue weighted by Crippen LogP contribution is -2.56. The number of ether oxygens (including phenoxy) is 2. The van der Waals surface area contributed by atoms with Crippen LogP contribution in [0.1, 0.15) is 37.7 Å². The number of carbonyl (C=O) groups excluding carboxylic acids is 3. The molecule has 4 aliphatic rings. The molecule has 2 fully saturated rings. The number of likely N-dealkylation sites (tertiary alicyclic amines) is 1. The molecule has 2 amide bonds. The van der Waals surface area contributed by atoms with Crippen molar-refractivity contribution in [1.29, 1.82) is 0 Å². The third-order valence-electron chi connectivity index (χ3n) is 7.81. The van der Waals surface area contributed by atoms with Crippen molar-refractivity contribution in [1.82, 2.24) is 10.2 Å². The lowest BCUT2D eigenvalue weighted by Gasteiger charge is -2.39.